The van der Waals surface area contributed by atoms with E-state index >= 15 is 0 Å². The molecule has 0 heterocycles. The van der Waals surface area contributed by atoms with Crippen LogP contribution in [0.5, 0.6) is 0 Å². The summed E-state index contributed by atoms with van der Waals surface area (Å²) in [6.45, 7) is 0. The second-order valence-electron chi connectivity index (χ2n) is 2.41. The Hall–Kier alpha value is -1.55. The molecule has 0 radical (unpaired) electrons. The fraction of sp³-hybridized carbons (Fsp3) is 0. The first-order chi connectivity index (χ1) is 6.65. The van der Waals surface area contributed by atoms with Gasteiger partial charge in [0, 0.05) is 16.8 Å². The van der Waals surface area contributed by atoms with Crippen LogP contribution in [0.1, 0.15) is 5.56 Å². The lowest BCUT2D eigenvalue weighted by Crippen LogP contribution is -1.86. The van der Waals surface area contributed by atoms with Crippen LogP contribution in [0.4, 0.5) is 4.39 Å². The number of rotatable bonds is 2. The predicted octanol–water partition coefficient (Wildman–Crippen LogP) is 2.79. The van der Waals surface area contributed by atoms with Gasteiger partial charge in [-0.3, -0.25) is 4.79 Å². The van der Waals surface area contributed by atoms with Gasteiger partial charge in [-0.05, 0) is 12.1 Å². The molecule has 0 unspecified atom stereocenters. The molecule has 1 aromatic carbocycles. The molecule has 14 heavy (non-hydrogen) atoms. The summed E-state index contributed by atoms with van der Waals surface area (Å²) in [6, 6.07) is 4.34. The minimum Gasteiger partial charge on any atom is -0.264 e. The van der Waals surface area contributed by atoms with Gasteiger partial charge in [-0.25, -0.2) is 4.39 Å². The van der Waals surface area contributed by atoms with E-state index in [1.807, 2.05) is 0 Å². The van der Waals surface area contributed by atoms with Crippen LogP contribution in [0.3, 0.4) is 0 Å². The van der Waals surface area contributed by atoms with Gasteiger partial charge in [0.25, 0.3) is 0 Å². The zero-order chi connectivity index (χ0) is 10.6. The molecule has 0 aliphatic heterocycles. The van der Waals surface area contributed by atoms with Crippen LogP contribution in [-0.2, 0) is 4.79 Å². The molecule has 0 saturated carbocycles. The molecule has 0 spiro atoms. The van der Waals surface area contributed by atoms with Gasteiger partial charge in [0.05, 0.1) is 5.02 Å². The van der Waals surface area contributed by atoms with E-state index in [4.69, 9.17) is 11.6 Å². The highest BCUT2D eigenvalue weighted by molar-refractivity contribution is 6.30. The average Bonchev–Trinajstić information content (AvgIpc) is 2.20. The zero-order valence-corrected chi connectivity index (χ0v) is 7.66. The number of nitrogens with zero attached hydrogens (tertiary/aromatic N) is 1. The summed E-state index contributed by atoms with van der Waals surface area (Å²) in [5, 5.41) is 2.08. The van der Waals surface area contributed by atoms with Crippen LogP contribution >= 0.6 is 11.6 Å². The van der Waals surface area contributed by atoms with Crippen molar-refractivity contribution in [1.29, 1.82) is 0 Å². The fourth-order valence-electron chi connectivity index (χ4n) is 0.841. The maximum atomic E-state index is 13.2. The number of nitroso groups, excluding NO2 is 1. The van der Waals surface area contributed by atoms with Gasteiger partial charge in [0.15, 0.2) is 0 Å². The third-order valence-corrected chi connectivity index (χ3v) is 1.77. The third-order valence-electron chi connectivity index (χ3n) is 1.48. The van der Waals surface area contributed by atoms with E-state index in [1.165, 1.54) is 18.2 Å². The first-order valence-electron chi connectivity index (χ1n) is 3.64. The summed E-state index contributed by atoms with van der Waals surface area (Å²) >= 11 is 5.48. The van der Waals surface area contributed by atoms with Crippen LogP contribution in [-0.4, -0.2) is 5.91 Å². The molecule has 1 amide bonds. The van der Waals surface area contributed by atoms with Crippen molar-refractivity contribution < 1.29 is 9.18 Å². The number of carbonyl (C=O) groups is 1. The Morgan fingerprint density at radius 3 is 2.86 bits per heavy atom. The van der Waals surface area contributed by atoms with Gasteiger partial charge in [-0.1, -0.05) is 23.7 Å². The summed E-state index contributed by atoms with van der Waals surface area (Å²) in [5.41, 5.74) is 0.134. The third kappa shape index (κ3) is 2.47. The lowest BCUT2D eigenvalue weighted by atomic mass is 10.2. The first kappa shape index (κ1) is 10.5. The summed E-state index contributed by atoms with van der Waals surface area (Å²) in [5.74, 6) is -1.60. The van der Waals surface area contributed by atoms with Crippen LogP contribution in [0.25, 0.3) is 6.08 Å². The van der Waals surface area contributed by atoms with Crippen LogP contribution in [0.15, 0.2) is 29.5 Å². The molecule has 3 nitrogen and oxygen atoms in total. The number of carbonyl (C=O) groups excluding carboxylic acids is 1. The van der Waals surface area contributed by atoms with Crippen molar-refractivity contribution in [2.75, 3.05) is 0 Å². The molecule has 0 aromatic heterocycles. The van der Waals surface area contributed by atoms with Gasteiger partial charge in [0.2, 0.25) is 0 Å². The molecular weight excluding hydrogens is 209 g/mol. The number of benzene rings is 1. The Morgan fingerprint density at radius 2 is 2.21 bits per heavy atom. The highest BCUT2D eigenvalue weighted by Crippen LogP contribution is 2.18. The minimum atomic E-state index is -0.968. The molecule has 0 atom stereocenters. The first-order valence-corrected chi connectivity index (χ1v) is 4.02. The average molecular weight is 214 g/mol. The van der Waals surface area contributed by atoms with E-state index in [0.717, 1.165) is 12.2 Å². The van der Waals surface area contributed by atoms with Gasteiger partial charge in [-0.2, -0.15) is 0 Å². The maximum Gasteiger partial charge on any atom is 0.309 e. The van der Waals surface area contributed by atoms with Crippen molar-refractivity contribution in [3.63, 3.8) is 0 Å². The molecule has 5 heteroatoms. The van der Waals surface area contributed by atoms with E-state index in [0.29, 0.717) is 0 Å². The van der Waals surface area contributed by atoms with Crippen LogP contribution < -0.4 is 0 Å². The van der Waals surface area contributed by atoms with Crippen molar-refractivity contribution in [2.45, 2.75) is 0 Å². The van der Waals surface area contributed by atoms with Gasteiger partial charge in [-0.15, -0.1) is 4.91 Å². The zero-order valence-electron chi connectivity index (χ0n) is 6.91. The van der Waals surface area contributed by atoms with E-state index in [-0.39, 0.29) is 10.6 Å². The van der Waals surface area contributed by atoms with E-state index in [1.54, 1.807) is 0 Å². The summed E-state index contributed by atoms with van der Waals surface area (Å²) in [6.07, 6.45) is 2.02. The highest BCUT2D eigenvalue weighted by Gasteiger charge is 2.03. The summed E-state index contributed by atoms with van der Waals surface area (Å²) in [7, 11) is 0. The number of amides is 1. The Morgan fingerprint density at radius 1 is 1.50 bits per heavy atom. The Kier molecular flexibility index (Phi) is 3.48. The predicted molar refractivity (Wildman–Crippen MR) is 51.2 cm³/mol. The molecule has 0 aliphatic rings. The standard InChI is InChI=1S/C9H5ClFNO2/c10-7-3-1-2-6(9(7)11)4-5-8(13)12-14/h1-5H/b5-4+. The normalized spacial score (nSPS) is 10.4. The fourth-order valence-corrected chi connectivity index (χ4v) is 1.02. The van der Waals surface area contributed by atoms with Crippen molar-refractivity contribution in [2.24, 2.45) is 5.18 Å². The second kappa shape index (κ2) is 4.62. The van der Waals surface area contributed by atoms with Crippen LogP contribution in [0.2, 0.25) is 5.02 Å². The molecule has 0 saturated heterocycles. The van der Waals surface area contributed by atoms with Crippen molar-refractivity contribution >= 4 is 23.6 Å². The highest BCUT2D eigenvalue weighted by atomic mass is 35.5. The second-order valence-corrected chi connectivity index (χ2v) is 2.81. The monoisotopic (exact) mass is 213 g/mol. The minimum absolute atomic E-state index is 0.0429. The largest absolute Gasteiger partial charge is 0.309 e. The summed E-state index contributed by atoms with van der Waals surface area (Å²) < 4.78 is 13.2. The molecule has 0 fully saturated rings. The van der Waals surface area contributed by atoms with E-state index in [2.05, 4.69) is 5.18 Å². The number of hydrogen-bond acceptors (Lipinski definition) is 2. The molecule has 0 bridgehead atoms. The lowest BCUT2D eigenvalue weighted by Gasteiger charge is -1.96. The number of hydrogen-bond donors (Lipinski definition) is 0. The Balaban J connectivity index is 2.97. The van der Waals surface area contributed by atoms with Crippen molar-refractivity contribution in [3.8, 4) is 0 Å². The summed E-state index contributed by atoms with van der Waals surface area (Å²) in [4.78, 5) is 20.2. The smallest absolute Gasteiger partial charge is 0.264 e. The molecule has 72 valence electrons. The van der Waals surface area contributed by atoms with Crippen molar-refractivity contribution in [1.82, 2.24) is 0 Å². The molecule has 0 N–H and O–H groups in total. The molecule has 0 aliphatic carbocycles. The number of halogens is 2. The van der Waals surface area contributed by atoms with Gasteiger partial charge >= 0.3 is 5.91 Å². The molecule has 1 aromatic rings. The maximum absolute atomic E-state index is 13.2. The quantitative estimate of drug-likeness (QED) is 0.560. The van der Waals surface area contributed by atoms with Crippen LogP contribution in [0, 0.1) is 10.7 Å². The Labute approximate surface area is 84.2 Å². The SMILES string of the molecule is O=NC(=O)/C=C/c1cccc(Cl)c1F. The Bertz CT molecular complexity index is 404. The van der Waals surface area contributed by atoms with Gasteiger partial charge < -0.3 is 0 Å². The lowest BCUT2D eigenvalue weighted by molar-refractivity contribution is -0.113. The molecule has 1 rings (SSSR count). The van der Waals surface area contributed by atoms with Gasteiger partial charge in [0.1, 0.15) is 5.82 Å². The van der Waals surface area contributed by atoms with E-state index in [9.17, 15) is 14.1 Å². The topological polar surface area (TPSA) is 46.5 Å². The molecular formula is C9H5ClFNO2. The van der Waals surface area contributed by atoms with Crippen molar-refractivity contribution in [3.05, 3.63) is 45.6 Å². The van der Waals surface area contributed by atoms with E-state index < -0.39 is 11.7 Å².